The fourth-order valence-corrected chi connectivity index (χ4v) is 4.43. The number of hydrogen-bond acceptors (Lipinski definition) is 5. The molecule has 1 saturated heterocycles. The van der Waals surface area contributed by atoms with Gasteiger partial charge in [0.25, 0.3) is 5.91 Å². The van der Waals surface area contributed by atoms with Crippen molar-refractivity contribution >= 4 is 34.9 Å². The molecule has 1 aliphatic rings. The fourth-order valence-electron chi connectivity index (χ4n) is 4.43. The van der Waals surface area contributed by atoms with Gasteiger partial charge in [0.1, 0.15) is 18.1 Å². The molecule has 0 atom stereocenters. The second kappa shape index (κ2) is 13.0. The van der Waals surface area contributed by atoms with E-state index in [0.717, 1.165) is 11.4 Å². The summed E-state index contributed by atoms with van der Waals surface area (Å²) in [5.74, 6) is -0.525. The van der Waals surface area contributed by atoms with Crippen LogP contribution < -0.4 is 20.3 Å². The van der Waals surface area contributed by atoms with Crippen molar-refractivity contribution in [2.45, 2.75) is 19.9 Å². The third kappa shape index (κ3) is 7.28. The van der Waals surface area contributed by atoms with E-state index in [-0.39, 0.29) is 30.1 Å². The molecular weight excluding hydrogens is 513 g/mol. The van der Waals surface area contributed by atoms with Crippen molar-refractivity contribution in [2.24, 2.45) is 0 Å². The van der Waals surface area contributed by atoms with Crippen molar-refractivity contribution in [1.29, 1.82) is 0 Å². The predicted molar refractivity (Wildman–Crippen MR) is 153 cm³/mol. The number of nitrogens with zero attached hydrogens (tertiary/aromatic N) is 3. The zero-order valence-electron chi connectivity index (χ0n) is 22.9. The van der Waals surface area contributed by atoms with Gasteiger partial charge in [-0.15, -0.1) is 0 Å². The number of halogens is 1. The number of carbonyl (C=O) groups excluding carboxylic acids is 3. The SMILES string of the molecule is COc1ccc(NC(=O)N2CCN(c3ccc(NC(=O)CN(C(=O)c4cccc(F)c4)C(C)C)cc3)CC2)cc1. The molecule has 3 aromatic carbocycles. The maximum Gasteiger partial charge on any atom is 0.321 e. The van der Waals surface area contributed by atoms with Gasteiger partial charge >= 0.3 is 6.03 Å². The van der Waals surface area contributed by atoms with Crippen LogP contribution >= 0.6 is 0 Å². The molecule has 3 aromatic rings. The van der Waals surface area contributed by atoms with Crippen LogP contribution in [0.2, 0.25) is 0 Å². The van der Waals surface area contributed by atoms with Gasteiger partial charge in [0.05, 0.1) is 7.11 Å². The molecular formula is C30H34FN5O4. The minimum absolute atomic E-state index is 0.144. The Morgan fingerprint density at radius 1 is 0.900 bits per heavy atom. The lowest BCUT2D eigenvalue weighted by atomic mass is 10.1. The Kier molecular flexibility index (Phi) is 9.21. The summed E-state index contributed by atoms with van der Waals surface area (Å²) in [5.41, 5.74) is 2.50. The average molecular weight is 548 g/mol. The number of rotatable bonds is 8. The molecule has 9 nitrogen and oxygen atoms in total. The van der Waals surface area contributed by atoms with Crippen molar-refractivity contribution in [1.82, 2.24) is 9.80 Å². The van der Waals surface area contributed by atoms with E-state index in [4.69, 9.17) is 4.74 Å². The molecule has 210 valence electrons. The van der Waals surface area contributed by atoms with Crippen molar-refractivity contribution < 1.29 is 23.5 Å². The van der Waals surface area contributed by atoms with Crippen LogP contribution in [0.3, 0.4) is 0 Å². The number of methoxy groups -OCH3 is 1. The molecule has 0 saturated carbocycles. The highest BCUT2D eigenvalue weighted by atomic mass is 19.1. The lowest BCUT2D eigenvalue weighted by molar-refractivity contribution is -0.117. The molecule has 40 heavy (non-hydrogen) atoms. The molecule has 10 heteroatoms. The van der Waals surface area contributed by atoms with Crippen LogP contribution in [-0.4, -0.2) is 73.5 Å². The second-order valence-electron chi connectivity index (χ2n) is 9.76. The topological polar surface area (TPSA) is 94.2 Å². The summed E-state index contributed by atoms with van der Waals surface area (Å²) in [7, 11) is 1.60. The van der Waals surface area contributed by atoms with E-state index in [0.29, 0.717) is 37.6 Å². The second-order valence-corrected chi connectivity index (χ2v) is 9.76. The Labute approximate surface area is 233 Å². The van der Waals surface area contributed by atoms with E-state index in [1.54, 1.807) is 36.3 Å². The smallest absolute Gasteiger partial charge is 0.321 e. The van der Waals surface area contributed by atoms with Crippen molar-refractivity contribution in [3.05, 3.63) is 84.2 Å². The number of ether oxygens (including phenoxy) is 1. The first-order valence-electron chi connectivity index (χ1n) is 13.1. The first-order valence-corrected chi connectivity index (χ1v) is 13.1. The minimum atomic E-state index is -0.502. The Morgan fingerprint density at radius 2 is 1.52 bits per heavy atom. The van der Waals surface area contributed by atoms with Gasteiger partial charge in [0.2, 0.25) is 5.91 Å². The normalized spacial score (nSPS) is 13.1. The average Bonchev–Trinajstić information content (AvgIpc) is 2.96. The maximum atomic E-state index is 13.6. The summed E-state index contributed by atoms with van der Waals surface area (Å²) >= 11 is 0. The standard InChI is InChI=1S/C30H34FN5O4/c1-21(2)36(29(38)22-5-4-6-23(31)19-22)20-28(37)32-24-7-11-26(12-8-24)34-15-17-35(18-16-34)30(39)33-25-9-13-27(40-3)14-10-25/h4-14,19,21H,15-18,20H2,1-3H3,(H,32,37)(H,33,39). The van der Waals surface area contributed by atoms with Crippen LogP contribution in [0.4, 0.5) is 26.2 Å². The molecule has 0 radical (unpaired) electrons. The highest BCUT2D eigenvalue weighted by Gasteiger charge is 2.23. The zero-order chi connectivity index (χ0) is 28.6. The molecule has 0 spiro atoms. The lowest BCUT2D eigenvalue weighted by Gasteiger charge is -2.36. The number of amides is 4. The molecule has 0 bridgehead atoms. The highest BCUT2D eigenvalue weighted by molar-refractivity contribution is 5.99. The number of carbonyl (C=O) groups is 3. The van der Waals surface area contributed by atoms with Gasteiger partial charge < -0.3 is 30.1 Å². The van der Waals surface area contributed by atoms with Crippen LogP contribution in [0.15, 0.2) is 72.8 Å². The third-order valence-corrected chi connectivity index (χ3v) is 6.69. The van der Waals surface area contributed by atoms with Gasteiger partial charge in [-0.1, -0.05) is 6.07 Å². The van der Waals surface area contributed by atoms with Crippen LogP contribution in [0.1, 0.15) is 24.2 Å². The van der Waals surface area contributed by atoms with Gasteiger partial charge in [-0.3, -0.25) is 9.59 Å². The minimum Gasteiger partial charge on any atom is -0.497 e. The molecule has 1 aliphatic heterocycles. The van der Waals surface area contributed by atoms with Gasteiger partial charge in [-0.2, -0.15) is 0 Å². The Bertz CT molecular complexity index is 1320. The number of nitrogens with one attached hydrogen (secondary N) is 2. The summed E-state index contributed by atoms with van der Waals surface area (Å²) in [4.78, 5) is 43.6. The monoisotopic (exact) mass is 547 g/mol. The molecule has 0 unspecified atom stereocenters. The van der Waals surface area contributed by atoms with Gasteiger partial charge in [0.15, 0.2) is 0 Å². The van der Waals surface area contributed by atoms with E-state index in [1.165, 1.54) is 29.2 Å². The highest BCUT2D eigenvalue weighted by Crippen LogP contribution is 2.21. The third-order valence-electron chi connectivity index (χ3n) is 6.69. The summed E-state index contributed by atoms with van der Waals surface area (Å²) < 4.78 is 18.7. The van der Waals surface area contributed by atoms with Crippen LogP contribution in [0.5, 0.6) is 5.75 Å². The summed E-state index contributed by atoms with van der Waals surface area (Å²) in [6.45, 7) is 5.95. The van der Waals surface area contributed by atoms with E-state index in [2.05, 4.69) is 15.5 Å². The van der Waals surface area contributed by atoms with Crippen LogP contribution in [0.25, 0.3) is 0 Å². The summed E-state index contributed by atoms with van der Waals surface area (Å²) in [6, 6.07) is 19.7. The Morgan fingerprint density at radius 3 is 2.12 bits per heavy atom. The number of benzene rings is 3. The molecule has 4 amide bonds. The van der Waals surface area contributed by atoms with Crippen molar-refractivity contribution in [3.8, 4) is 5.75 Å². The van der Waals surface area contributed by atoms with Gasteiger partial charge in [0, 0.05) is 54.8 Å². The molecule has 1 heterocycles. The van der Waals surface area contributed by atoms with E-state index >= 15 is 0 Å². The van der Waals surface area contributed by atoms with E-state index in [9.17, 15) is 18.8 Å². The number of anilines is 3. The number of urea groups is 1. The van der Waals surface area contributed by atoms with E-state index < -0.39 is 11.7 Å². The predicted octanol–water partition coefficient (Wildman–Crippen LogP) is 4.68. The van der Waals surface area contributed by atoms with Crippen molar-refractivity contribution in [3.63, 3.8) is 0 Å². The Balaban J connectivity index is 1.27. The van der Waals surface area contributed by atoms with Crippen LogP contribution in [0, 0.1) is 5.82 Å². The number of hydrogen-bond donors (Lipinski definition) is 2. The molecule has 4 rings (SSSR count). The molecule has 0 aliphatic carbocycles. The quantitative estimate of drug-likeness (QED) is 0.427. The number of piperazine rings is 1. The lowest BCUT2D eigenvalue weighted by Crippen LogP contribution is -2.50. The first kappa shape index (κ1) is 28.4. The first-order chi connectivity index (χ1) is 19.2. The maximum absolute atomic E-state index is 13.6. The van der Waals surface area contributed by atoms with Gasteiger partial charge in [-0.05, 0) is 80.6 Å². The molecule has 1 fully saturated rings. The zero-order valence-corrected chi connectivity index (χ0v) is 22.9. The molecule has 2 N–H and O–H groups in total. The van der Waals surface area contributed by atoms with Crippen LogP contribution in [-0.2, 0) is 4.79 Å². The van der Waals surface area contributed by atoms with Crippen molar-refractivity contribution in [2.75, 3.05) is 55.4 Å². The summed E-state index contributed by atoms with van der Waals surface area (Å²) in [6.07, 6.45) is 0. The summed E-state index contributed by atoms with van der Waals surface area (Å²) in [5, 5.41) is 5.75. The van der Waals surface area contributed by atoms with Gasteiger partial charge in [-0.25, -0.2) is 9.18 Å². The Hall–Kier alpha value is -4.60. The van der Waals surface area contributed by atoms with E-state index in [1.807, 2.05) is 38.1 Å². The fraction of sp³-hybridized carbons (Fsp3) is 0.300. The molecule has 0 aromatic heterocycles. The largest absolute Gasteiger partial charge is 0.497 e.